The predicted octanol–water partition coefficient (Wildman–Crippen LogP) is 1.01. The van der Waals surface area contributed by atoms with E-state index in [9.17, 15) is 9.18 Å². The first kappa shape index (κ1) is 14.0. The van der Waals surface area contributed by atoms with E-state index in [2.05, 4.69) is 10.6 Å². The second-order valence-corrected chi connectivity index (χ2v) is 5.18. The molecule has 0 spiro atoms. The molecule has 0 saturated carbocycles. The third-order valence-electron chi connectivity index (χ3n) is 3.35. The van der Waals surface area contributed by atoms with Crippen molar-refractivity contribution in [3.63, 3.8) is 0 Å². The van der Waals surface area contributed by atoms with Crippen LogP contribution in [0.3, 0.4) is 0 Å². The molecule has 0 radical (unpaired) electrons. The van der Waals surface area contributed by atoms with Crippen LogP contribution in [-0.2, 0) is 9.53 Å². The SMILES string of the molecule is O=C1NC(=S)NC1=Cc1ccc(N2CCOCC2)c(F)c1. The fourth-order valence-electron chi connectivity index (χ4n) is 2.32. The average molecular weight is 307 g/mol. The molecule has 7 heteroatoms. The number of anilines is 1. The maximum Gasteiger partial charge on any atom is 0.273 e. The van der Waals surface area contributed by atoms with Gasteiger partial charge in [0, 0.05) is 13.1 Å². The van der Waals surface area contributed by atoms with E-state index in [1.54, 1.807) is 18.2 Å². The number of nitrogens with one attached hydrogen (secondary N) is 2. The zero-order valence-electron chi connectivity index (χ0n) is 11.2. The van der Waals surface area contributed by atoms with Gasteiger partial charge in [0.15, 0.2) is 5.11 Å². The molecule has 0 aromatic heterocycles. The van der Waals surface area contributed by atoms with Gasteiger partial charge in [-0.2, -0.15) is 0 Å². The number of carbonyl (C=O) groups is 1. The fraction of sp³-hybridized carbons (Fsp3) is 0.286. The molecule has 2 fully saturated rings. The van der Waals surface area contributed by atoms with E-state index in [4.69, 9.17) is 17.0 Å². The van der Waals surface area contributed by atoms with Crippen LogP contribution in [0.1, 0.15) is 5.56 Å². The van der Waals surface area contributed by atoms with Crippen LogP contribution in [0, 0.1) is 5.82 Å². The summed E-state index contributed by atoms with van der Waals surface area (Å²) in [5, 5.41) is 5.45. The van der Waals surface area contributed by atoms with Crippen LogP contribution in [0.5, 0.6) is 0 Å². The van der Waals surface area contributed by atoms with Crippen LogP contribution in [0.25, 0.3) is 6.08 Å². The average Bonchev–Trinajstić information content (AvgIpc) is 2.78. The largest absolute Gasteiger partial charge is 0.378 e. The molecule has 21 heavy (non-hydrogen) atoms. The monoisotopic (exact) mass is 307 g/mol. The highest BCUT2D eigenvalue weighted by Crippen LogP contribution is 2.22. The Balaban J connectivity index is 1.82. The Hall–Kier alpha value is -1.99. The molecule has 0 bridgehead atoms. The number of hydrogen-bond donors (Lipinski definition) is 2. The van der Waals surface area contributed by atoms with Gasteiger partial charge in [-0.05, 0) is 36.0 Å². The first-order valence-corrected chi connectivity index (χ1v) is 7.00. The molecule has 0 unspecified atom stereocenters. The Kier molecular flexibility index (Phi) is 3.85. The van der Waals surface area contributed by atoms with Crippen LogP contribution < -0.4 is 15.5 Å². The third-order valence-corrected chi connectivity index (χ3v) is 3.56. The smallest absolute Gasteiger partial charge is 0.273 e. The molecule has 1 amide bonds. The van der Waals surface area contributed by atoms with Crippen molar-refractivity contribution < 1.29 is 13.9 Å². The van der Waals surface area contributed by atoms with Gasteiger partial charge < -0.3 is 15.0 Å². The van der Waals surface area contributed by atoms with Crippen LogP contribution in [0.4, 0.5) is 10.1 Å². The van der Waals surface area contributed by atoms with Crippen molar-refractivity contribution in [3.8, 4) is 0 Å². The summed E-state index contributed by atoms with van der Waals surface area (Å²) in [6.07, 6.45) is 1.57. The molecule has 2 aliphatic rings. The van der Waals surface area contributed by atoms with Crippen molar-refractivity contribution in [2.24, 2.45) is 0 Å². The molecule has 0 aliphatic carbocycles. The van der Waals surface area contributed by atoms with Gasteiger partial charge in [-0.3, -0.25) is 10.1 Å². The van der Waals surface area contributed by atoms with Gasteiger partial charge in [-0.25, -0.2) is 4.39 Å². The minimum Gasteiger partial charge on any atom is -0.378 e. The van der Waals surface area contributed by atoms with E-state index in [-0.39, 0.29) is 16.8 Å². The molecule has 5 nitrogen and oxygen atoms in total. The standard InChI is InChI=1S/C14H14FN3O2S/c15-10-7-9(8-11-13(19)17-14(21)16-11)1-2-12(10)18-3-5-20-6-4-18/h1-2,7-8H,3-6H2,(H2,16,17,19,21). The minimum absolute atomic E-state index is 0.261. The first-order valence-electron chi connectivity index (χ1n) is 6.60. The zero-order chi connectivity index (χ0) is 14.8. The van der Waals surface area contributed by atoms with Crippen molar-refractivity contribution >= 4 is 35.0 Å². The molecular weight excluding hydrogens is 293 g/mol. The van der Waals surface area contributed by atoms with Gasteiger partial charge in [0.2, 0.25) is 0 Å². The maximum absolute atomic E-state index is 14.2. The number of halogens is 1. The highest BCUT2D eigenvalue weighted by atomic mass is 32.1. The summed E-state index contributed by atoms with van der Waals surface area (Å²) in [7, 11) is 0. The number of hydrogen-bond acceptors (Lipinski definition) is 4. The van der Waals surface area contributed by atoms with Crippen molar-refractivity contribution in [2.45, 2.75) is 0 Å². The fourth-order valence-corrected chi connectivity index (χ4v) is 2.53. The molecule has 2 aliphatic heterocycles. The normalized spacial score (nSPS) is 20.6. The Morgan fingerprint density at radius 3 is 2.67 bits per heavy atom. The summed E-state index contributed by atoms with van der Waals surface area (Å²) in [5.74, 6) is -0.620. The third kappa shape index (κ3) is 3.03. The van der Waals surface area contributed by atoms with Crippen LogP contribution in [-0.4, -0.2) is 37.3 Å². The number of morpholine rings is 1. The van der Waals surface area contributed by atoms with Gasteiger partial charge in [0.1, 0.15) is 11.5 Å². The topological polar surface area (TPSA) is 53.6 Å². The lowest BCUT2D eigenvalue weighted by atomic mass is 10.1. The Bertz CT molecular complexity index is 627. The van der Waals surface area contributed by atoms with Crippen LogP contribution in [0.2, 0.25) is 0 Å². The zero-order valence-corrected chi connectivity index (χ0v) is 12.0. The van der Waals surface area contributed by atoms with Gasteiger partial charge >= 0.3 is 0 Å². The van der Waals surface area contributed by atoms with Crippen LogP contribution >= 0.6 is 12.2 Å². The Morgan fingerprint density at radius 2 is 2.05 bits per heavy atom. The summed E-state index contributed by atoms with van der Waals surface area (Å²) >= 11 is 4.84. The first-order chi connectivity index (χ1) is 10.1. The number of rotatable bonds is 2. The molecule has 1 aromatic rings. The highest BCUT2D eigenvalue weighted by molar-refractivity contribution is 7.80. The number of ether oxygens (including phenoxy) is 1. The molecule has 3 rings (SSSR count). The van der Waals surface area contributed by atoms with Crippen molar-refractivity contribution in [1.82, 2.24) is 10.6 Å². The van der Waals surface area contributed by atoms with Gasteiger partial charge in [-0.15, -0.1) is 0 Å². The van der Waals surface area contributed by atoms with Gasteiger partial charge in [0.05, 0.1) is 18.9 Å². The lowest BCUT2D eigenvalue weighted by Gasteiger charge is -2.29. The van der Waals surface area contributed by atoms with E-state index < -0.39 is 0 Å². The molecular formula is C14H14FN3O2S. The Morgan fingerprint density at radius 1 is 1.29 bits per heavy atom. The van der Waals surface area contributed by atoms with Gasteiger partial charge in [-0.1, -0.05) is 6.07 Å². The van der Waals surface area contributed by atoms with Crippen molar-refractivity contribution in [1.29, 1.82) is 0 Å². The number of nitrogens with zero attached hydrogens (tertiary/aromatic N) is 1. The second kappa shape index (κ2) is 5.79. The summed E-state index contributed by atoms with van der Waals surface area (Å²) in [4.78, 5) is 13.5. The molecule has 110 valence electrons. The lowest BCUT2D eigenvalue weighted by Crippen LogP contribution is -2.36. The highest BCUT2D eigenvalue weighted by Gasteiger charge is 2.20. The summed E-state index contributed by atoms with van der Waals surface area (Å²) in [6.45, 7) is 2.56. The maximum atomic E-state index is 14.2. The summed E-state index contributed by atoms with van der Waals surface area (Å²) in [6, 6.07) is 4.91. The molecule has 1 aromatic carbocycles. The predicted molar refractivity (Wildman–Crippen MR) is 81.3 cm³/mol. The molecule has 2 N–H and O–H groups in total. The van der Waals surface area contributed by atoms with Crippen LogP contribution in [0.15, 0.2) is 23.9 Å². The molecule has 2 heterocycles. The van der Waals surface area contributed by atoms with Crippen molar-refractivity contribution in [3.05, 3.63) is 35.3 Å². The Labute approximate surface area is 126 Å². The van der Waals surface area contributed by atoms with E-state index in [1.165, 1.54) is 6.07 Å². The van der Waals surface area contributed by atoms with E-state index in [1.807, 2.05) is 4.90 Å². The minimum atomic E-state index is -0.313. The number of amides is 1. The lowest BCUT2D eigenvalue weighted by molar-refractivity contribution is -0.115. The number of thiocarbonyl (C=S) groups is 1. The second-order valence-electron chi connectivity index (χ2n) is 4.78. The number of carbonyl (C=O) groups excluding carboxylic acids is 1. The quantitative estimate of drug-likeness (QED) is 0.631. The summed E-state index contributed by atoms with van der Waals surface area (Å²) in [5.41, 5.74) is 1.48. The summed E-state index contributed by atoms with van der Waals surface area (Å²) < 4.78 is 19.5. The van der Waals surface area contributed by atoms with Crippen molar-refractivity contribution in [2.75, 3.05) is 31.2 Å². The van der Waals surface area contributed by atoms with E-state index >= 15 is 0 Å². The van der Waals surface area contributed by atoms with E-state index in [0.717, 1.165) is 0 Å². The molecule has 2 saturated heterocycles. The van der Waals surface area contributed by atoms with E-state index in [0.29, 0.717) is 43.3 Å². The number of benzene rings is 1. The van der Waals surface area contributed by atoms with Gasteiger partial charge in [0.25, 0.3) is 5.91 Å². The molecule has 0 atom stereocenters.